The summed E-state index contributed by atoms with van der Waals surface area (Å²) in [6.07, 6.45) is 8.20. The number of ether oxygens (including phenoxy) is 4. The molecule has 0 saturated heterocycles. The van der Waals surface area contributed by atoms with Gasteiger partial charge in [-0.25, -0.2) is 9.67 Å². The predicted molar refractivity (Wildman–Crippen MR) is 144 cm³/mol. The number of benzene rings is 1. The van der Waals surface area contributed by atoms with Crippen LogP contribution in [-0.2, 0) is 0 Å². The second-order valence-corrected chi connectivity index (χ2v) is 8.35. The number of anilines is 1. The minimum absolute atomic E-state index is 0.134. The Labute approximate surface area is 224 Å². The monoisotopic (exact) mass is 526 g/mol. The van der Waals surface area contributed by atoms with Crippen molar-refractivity contribution < 1.29 is 23.7 Å². The van der Waals surface area contributed by atoms with Gasteiger partial charge in [-0.3, -0.25) is 14.8 Å². The highest BCUT2D eigenvalue weighted by atomic mass is 16.5. The van der Waals surface area contributed by atoms with Gasteiger partial charge < -0.3 is 24.3 Å². The summed E-state index contributed by atoms with van der Waals surface area (Å²) in [4.78, 5) is 26.0. The fourth-order valence-corrected chi connectivity index (χ4v) is 3.95. The molecule has 0 fully saturated rings. The molecular weight excluding hydrogens is 500 g/mol. The number of nitrogens with zero attached hydrogens (tertiary/aromatic N) is 5. The van der Waals surface area contributed by atoms with Crippen LogP contribution in [0.2, 0.25) is 0 Å². The largest absolute Gasteiger partial charge is 0.493 e. The zero-order chi connectivity index (χ0) is 27.4. The minimum atomic E-state index is -0.457. The molecule has 0 unspecified atom stereocenters. The summed E-state index contributed by atoms with van der Waals surface area (Å²) in [5, 5.41) is 7.96. The average Bonchev–Trinajstić information content (AvgIpc) is 3.37. The van der Waals surface area contributed by atoms with Crippen molar-refractivity contribution in [2.75, 3.05) is 26.1 Å². The molecule has 5 rings (SSSR count). The Morgan fingerprint density at radius 3 is 2.49 bits per heavy atom. The minimum Gasteiger partial charge on any atom is -0.493 e. The van der Waals surface area contributed by atoms with Crippen LogP contribution in [0.25, 0.3) is 16.6 Å². The highest BCUT2D eigenvalue weighted by Gasteiger charge is 2.20. The molecule has 1 N–H and O–H groups in total. The van der Waals surface area contributed by atoms with E-state index in [2.05, 4.69) is 25.4 Å². The zero-order valence-corrected chi connectivity index (χ0v) is 21.8. The number of carbonyl (C=O) groups is 1. The van der Waals surface area contributed by atoms with Gasteiger partial charge in [0.2, 0.25) is 0 Å². The number of aryl methyl sites for hydroxylation is 1. The number of fused-ring (bicyclic) bond motifs is 1. The highest BCUT2D eigenvalue weighted by molar-refractivity contribution is 6.04. The van der Waals surface area contributed by atoms with E-state index in [4.69, 9.17) is 18.9 Å². The summed E-state index contributed by atoms with van der Waals surface area (Å²) < 4.78 is 24.1. The number of hydrogen-bond acceptors (Lipinski definition) is 9. The van der Waals surface area contributed by atoms with Gasteiger partial charge in [0.05, 0.1) is 50.6 Å². The van der Waals surface area contributed by atoms with Crippen LogP contribution < -0.4 is 24.3 Å². The third-order valence-corrected chi connectivity index (χ3v) is 5.87. The molecule has 1 amide bonds. The molecule has 0 aliphatic rings. The fraction of sp³-hybridized carbons (Fsp3) is 0.179. The zero-order valence-electron chi connectivity index (χ0n) is 21.8. The Morgan fingerprint density at radius 2 is 1.77 bits per heavy atom. The van der Waals surface area contributed by atoms with Gasteiger partial charge in [0, 0.05) is 23.8 Å². The van der Waals surface area contributed by atoms with E-state index in [1.165, 1.54) is 6.20 Å². The van der Waals surface area contributed by atoms with Crippen LogP contribution in [0.4, 0.5) is 5.82 Å². The first-order chi connectivity index (χ1) is 19.0. The molecule has 0 saturated carbocycles. The van der Waals surface area contributed by atoms with Crippen molar-refractivity contribution >= 4 is 22.6 Å². The lowest BCUT2D eigenvalue weighted by Crippen LogP contribution is -2.15. The number of hydrogen-bond donors (Lipinski definition) is 1. The Kier molecular flexibility index (Phi) is 7.21. The molecule has 0 atom stereocenters. The van der Waals surface area contributed by atoms with Gasteiger partial charge in [-0.2, -0.15) is 5.10 Å². The van der Waals surface area contributed by atoms with E-state index < -0.39 is 5.91 Å². The first-order valence-corrected chi connectivity index (χ1v) is 12.1. The van der Waals surface area contributed by atoms with Crippen LogP contribution >= 0.6 is 0 Å². The van der Waals surface area contributed by atoms with Crippen LogP contribution in [0.15, 0.2) is 67.4 Å². The van der Waals surface area contributed by atoms with Gasteiger partial charge in [0.15, 0.2) is 22.9 Å². The quantitative estimate of drug-likeness (QED) is 0.283. The van der Waals surface area contributed by atoms with E-state index >= 15 is 0 Å². The number of carbonyl (C=O) groups excluding carboxylic acids is 1. The second-order valence-electron chi connectivity index (χ2n) is 8.35. The number of pyridine rings is 3. The van der Waals surface area contributed by atoms with Crippen LogP contribution in [0, 0.1) is 6.92 Å². The van der Waals surface area contributed by atoms with Crippen molar-refractivity contribution in [2.45, 2.75) is 13.8 Å². The molecule has 0 spiro atoms. The van der Waals surface area contributed by atoms with Gasteiger partial charge >= 0.3 is 0 Å². The van der Waals surface area contributed by atoms with E-state index in [9.17, 15) is 4.79 Å². The molecule has 1 aromatic carbocycles. The Hall–Kier alpha value is -5.19. The molecule has 198 valence electrons. The topological polar surface area (TPSA) is 123 Å². The summed E-state index contributed by atoms with van der Waals surface area (Å²) in [7, 11) is 3.14. The van der Waals surface area contributed by atoms with Crippen LogP contribution in [0.3, 0.4) is 0 Å². The average molecular weight is 527 g/mol. The standard InChI is InChI=1S/C28H26N6O5/c1-5-38-25-16-34(21-15-29-10-8-17(21)2)33-27(25)28(35)32-26-7-6-18(14-31-26)39-22-9-11-30-20-13-24(37-4)23(36-3)12-19(20)22/h6-16H,5H2,1-4H3,(H,31,32,35). The molecular formula is C28H26N6O5. The normalized spacial score (nSPS) is 10.8. The third-order valence-electron chi connectivity index (χ3n) is 5.87. The van der Waals surface area contributed by atoms with Crippen LogP contribution in [-0.4, -0.2) is 51.5 Å². The molecule has 0 radical (unpaired) electrons. The molecule has 0 bridgehead atoms. The predicted octanol–water partition coefficient (Wildman–Crippen LogP) is 4.98. The van der Waals surface area contributed by atoms with Crippen molar-refractivity contribution in [2.24, 2.45) is 0 Å². The lowest BCUT2D eigenvalue weighted by molar-refractivity contribution is 0.101. The second kappa shape index (κ2) is 11.1. The van der Waals surface area contributed by atoms with Gasteiger partial charge in [0.1, 0.15) is 17.3 Å². The maximum Gasteiger partial charge on any atom is 0.281 e. The lowest BCUT2D eigenvalue weighted by Gasteiger charge is -2.12. The van der Waals surface area contributed by atoms with E-state index in [1.807, 2.05) is 19.9 Å². The SMILES string of the molecule is CCOc1cn(-c2cnccc2C)nc1C(=O)Nc1ccc(Oc2ccnc3cc(OC)c(OC)cc23)cn1. The Morgan fingerprint density at radius 1 is 0.949 bits per heavy atom. The van der Waals surface area contributed by atoms with Crippen molar-refractivity contribution in [3.05, 3.63) is 78.6 Å². The Balaban J connectivity index is 1.35. The summed E-state index contributed by atoms with van der Waals surface area (Å²) >= 11 is 0. The number of nitrogens with one attached hydrogen (secondary N) is 1. The number of aromatic nitrogens is 5. The molecule has 4 heterocycles. The number of rotatable bonds is 9. The maximum atomic E-state index is 13.1. The van der Waals surface area contributed by atoms with Gasteiger partial charge in [-0.05, 0) is 49.7 Å². The van der Waals surface area contributed by atoms with Gasteiger partial charge in [-0.1, -0.05) is 0 Å². The smallest absolute Gasteiger partial charge is 0.281 e. The summed E-state index contributed by atoms with van der Waals surface area (Å²) in [5.41, 5.74) is 2.53. The van der Waals surface area contributed by atoms with Gasteiger partial charge in [-0.15, -0.1) is 0 Å². The molecule has 0 aliphatic carbocycles. The Bertz CT molecular complexity index is 1630. The molecule has 11 heteroatoms. The maximum absolute atomic E-state index is 13.1. The number of amides is 1. The van der Waals surface area contributed by atoms with E-state index in [0.717, 1.165) is 16.6 Å². The van der Waals surface area contributed by atoms with E-state index in [0.29, 0.717) is 46.7 Å². The molecule has 5 aromatic rings. The van der Waals surface area contributed by atoms with Crippen molar-refractivity contribution in [1.82, 2.24) is 24.7 Å². The van der Waals surface area contributed by atoms with Gasteiger partial charge in [0.25, 0.3) is 5.91 Å². The van der Waals surface area contributed by atoms with Crippen molar-refractivity contribution in [1.29, 1.82) is 0 Å². The number of methoxy groups -OCH3 is 2. The van der Waals surface area contributed by atoms with E-state index in [-0.39, 0.29) is 5.69 Å². The molecule has 11 nitrogen and oxygen atoms in total. The highest BCUT2D eigenvalue weighted by Crippen LogP contribution is 2.36. The first-order valence-electron chi connectivity index (χ1n) is 12.1. The van der Waals surface area contributed by atoms with Crippen molar-refractivity contribution in [3.8, 4) is 34.4 Å². The van der Waals surface area contributed by atoms with E-state index in [1.54, 1.807) is 74.0 Å². The fourth-order valence-electron chi connectivity index (χ4n) is 3.95. The molecule has 0 aliphatic heterocycles. The summed E-state index contributed by atoms with van der Waals surface area (Å²) in [5.74, 6) is 2.40. The summed E-state index contributed by atoms with van der Waals surface area (Å²) in [6, 6.07) is 10.6. The van der Waals surface area contributed by atoms with Crippen LogP contribution in [0.5, 0.6) is 28.7 Å². The lowest BCUT2D eigenvalue weighted by atomic mass is 10.2. The third kappa shape index (κ3) is 5.28. The van der Waals surface area contributed by atoms with Crippen LogP contribution in [0.1, 0.15) is 23.0 Å². The molecule has 4 aromatic heterocycles. The summed E-state index contributed by atoms with van der Waals surface area (Å²) in [6.45, 7) is 4.16. The molecule has 39 heavy (non-hydrogen) atoms. The van der Waals surface area contributed by atoms with Crippen molar-refractivity contribution in [3.63, 3.8) is 0 Å². The first kappa shape index (κ1) is 25.5.